The Labute approximate surface area is 102 Å². The van der Waals surface area contributed by atoms with Crippen molar-refractivity contribution < 1.29 is 4.79 Å². The van der Waals surface area contributed by atoms with E-state index in [9.17, 15) is 4.79 Å². The summed E-state index contributed by atoms with van der Waals surface area (Å²) in [6.45, 7) is 6.47. The first kappa shape index (κ1) is 13.7. The van der Waals surface area contributed by atoms with Gasteiger partial charge in [0, 0.05) is 18.8 Å². The smallest absolute Gasteiger partial charge is 0.255 e. The average Bonchev–Trinajstić information content (AvgIpc) is 2.58. The molecule has 1 atom stereocenters. The van der Waals surface area contributed by atoms with Crippen molar-refractivity contribution in [1.82, 2.24) is 15.1 Å². The van der Waals surface area contributed by atoms with Crippen LogP contribution in [0.1, 0.15) is 42.7 Å². The van der Waals surface area contributed by atoms with Crippen molar-refractivity contribution in [1.29, 1.82) is 0 Å². The molecule has 1 aromatic heterocycles. The van der Waals surface area contributed by atoms with E-state index in [1.165, 1.54) is 0 Å². The number of hydrogen-bond donors (Lipinski definition) is 2. The number of aryl methyl sites for hydroxylation is 2. The molecule has 0 fully saturated rings. The number of nitrogens with zero attached hydrogens (tertiary/aromatic N) is 2. The third kappa shape index (κ3) is 3.30. The maximum atomic E-state index is 12.1. The van der Waals surface area contributed by atoms with E-state index in [2.05, 4.69) is 10.4 Å². The van der Waals surface area contributed by atoms with Crippen molar-refractivity contribution in [2.75, 3.05) is 6.54 Å². The van der Waals surface area contributed by atoms with Crippen LogP contribution in [-0.2, 0) is 7.05 Å². The second kappa shape index (κ2) is 5.31. The van der Waals surface area contributed by atoms with Crippen LogP contribution in [0.2, 0.25) is 0 Å². The van der Waals surface area contributed by atoms with Gasteiger partial charge in [-0.15, -0.1) is 0 Å². The van der Waals surface area contributed by atoms with Crippen LogP contribution >= 0.6 is 0 Å². The second-order valence-electron chi connectivity index (χ2n) is 4.71. The van der Waals surface area contributed by atoms with Gasteiger partial charge in [0.2, 0.25) is 0 Å². The molecule has 0 spiro atoms. The lowest BCUT2D eigenvalue weighted by Gasteiger charge is -2.29. The molecule has 5 nitrogen and oxygen atoms in total. The van der Waals surface area contributed by atoms with Crippen LogP contribution in [0, 0.1) is 6.92 Å². The number of nitrogens with two attached hydrogens (primary N) is 1. The van der Waals surface area contributed by atoms with Crippen LogP contribution in [0.3, 0.4) is 0 Å². The molecule has 1 rings (SSSR count). The van der Waals surface area contributed by atoms with E-state index in [4.69, 9.17) is 5.73 Å². The highest BCUT2D eigenvalue weighted by molar-refractivity contribution is 5.95. The Balaban J connectivity index is 2.81. The number of carbonyl (C=O) groups is 1. The predicted octanol–water partition coefficient (Wildman–Crippen LogP) is 0.976. The normalized spacial score (nSPS) is 14.4. The van der Waals surface area contributed by atoms with Crippen molar-refractivity contribution >= 4 is 5.91 Å². The third-order valence-corrected chi connectivity index (χ3v) is 3.15. The van der Waals surface area contributed by atoms with Gasteiger partial charge < -0.3 is 11.1 Å². The molecule has 0 aliphatic heterocycles. The first-order valence-corrected chi connectivity index (χ1v) is 5.94. The van der Waals surface area contributed by atoms with E-state index in [0.29, 0.717) is 12.1 Å². The Morgan fingerprint density at radius 3 is 2.71 bits per heavy atom. The summed E-state index contributed by atoms with van der Waals surface area (Å²) in [7, 11) is 1.81. The quantitative estimate of drug-likeness (QED) is 0.803. The van der Waals surface area contributed by atoms with E-state index in [0.717, 1.165) is 18.5 Å². The first-order valence-electron chi connectivity index (χ1n) is 5.94. The Morgan fingerprint density at radius 1 is 1.65 bits per heavy atom. The lowest BCUT2D eigenvalue weighted by molar-refractivity contribution is 0.0899. The Hall–Kier alpha value is -1.36. The number of hydrogen-bond acceptors (Lipinski definition) is 3. The van der Waals surface area contributed by atoms with Crippen molar-refractivity contribution in [3.05, 3.63) is 17.5 Å². The Morgan fingerprint density at radius 2 is 2.29 bits per heavy atom. The van der Waals surface area contributed by atoms with E-state index >= 15 is 0 Å². The summed E-state index contributed by atoms with van der Waals surface area (Å²) in [6.07, 6.45) is 3.37. The summed E-state index contributed by atoms with van der Waals surface area (Å²) >= 11 is 0. The fraction of sp³-hybridized carbons (Fsp3) is 0.667. The molecule has 0 saturated heterocycles. The van der Waals surface area contributed by atoms with Crippen molar-refractivity contribution in [2.45, 2.75) is 39.2 Å². The molecule has 1 unspecified atom stereocenters. The van der Waals surface area contributed by atoms with Gasteiger partial charge in [-0.2, -0.15) is 5.10 Å². The van der Waals surface area contributed by atoms with Gasteiger partial charge in [0.15, 0.2) is 0 Å². The maximum absolute atomic E-state index is 12.1. The minimum Gasteiger partial charge on any atom is -0.347 e. The molecular weight excluding hydrogens is 216 g/mol. The van der Waals surface area contributed by atoms with Crippen LogP contribution in [-0.4, -0.2) is 27.8 Å². The first-order chi connectivity index (χ1) is 7.91. The van der Waals surface area contributed by atoms with E-state index in [1.54, 1.807) is 10.9 Å². The highest BCUT2D eigenvalue weighted by atomic mass is 16.1. The molecule has 1 aromatic rings. The Bertz CT molecular complexity index is 399. The maximum Gasteiger partial charge on any atom is 0.255 e. The van der Waals surface area contributed by atoms with Crippen LogP contribution in [0.4, 0.5) is 0 Å². The highest BCUT2D eigenvalue weighted by Gasteiger charge is 2.25. The van der Waals surface area contributed by atoms with Gasteiger partial charge in [-0.25, -0.2) is 0 Å². The molecule has 1 amide bonds. The van der Waals surface area contributed by atoms with E-state index < -0.39 is 0 Å². The molecule has 0 radical (unpaired) electrons. The summed E-state index contributed by atoms with van der Waals surface area (Å²) in [5, 5.41) is 7.21. The number of carbonyl (C=O) groups excluding carboxylic acids is 1. The molecule has 17 heavy (non-hydrogen) atoms. The standard InChI is InChI=1S/C12H22N4O/c1-5-12(3,6-7-13)14-11(17)10-8-16(4)15-9(10)2/h8H,5-7,13H2,1-4H3,(H,14,17). The zero-order valence-corrected chi connectivity index (χ0v) is 11.1. The van der Waals surface area contributed by atoms with Gasteiger partial charge in [-0.05, 0) is 33.2 Å². The van der Waals surface area contributed by atoms with Gasteiger partial charge >= 0.3 is 0 Å². The minimum absolute atomic E-state index is 0.0756. The number of nitrogens with one attached hydrogen (secondary N) is 1. The summed E-state index contributed by atoms with van der Waals surface area (Å²) < 4.78 is 1.65. The predicted molar refractivity (Wildman–Crippen MR) is 67.8 cm³/mol. The molecule has 5 heteroatoms. The van der Waals surface area contributed by atoms with Gasteiger partial charge in [-0.3, -0.25) is 9.48 Å². The van der Waals surface area contributed by atoms with Crippen LogP contribution in [0.15, 0.2) is 6.20 Å². The summed E-state index contributed by atoms with van der Waals surface area (Å²) in [5.74, 6) is -0.0756. The monoisotopic (exact) mass is 238 g/mol. The van der Waals surface area contributed by atoms with E-state index in [-0.39, 0.29) is 11.4 Å². The fourth-order valence-electron chi connectivity index (χ4n) is 1.81. The molecule has 0 aromatic carbocycles. The third-order valence-electron chi connectivity index (χ3n) is 3.15. The fourth-order valence-corrected chi connectivity index (χ4v) is 1.81. The van der Waals surface area contributed by atoms with Gasteiger partial charge in [0.05, 0.1) is 11.3 Å². The van der Waals surface area contributed by atoms with Crippen LogP contribution in [0.5, 0.6) is 0 Å². The lowest BCUT2D eigenvalue weighted by atomic mass is 9.94. The van der Waals surface area contributed by atoms with E-state index in [1.807, 2.05) is 27.8 Å². The second-order valence-corrected chi connectivity index (χ2v) is 4.71. The lowest BCUT2D eigenvalue weighted by Crippen LogP contribution is -2.46. The molecule has 1 heterocycles. The largest absolute Gasteiger partial charge is 0.347 e. The SMILES string of the molecule is CCC(C)(CCN)NC(=O)c1cn(C)nc1C. The van der Waals surface area contributed by atoms with Crippen LogP contribution in [0.25, 0.3) is 0 Å². The molecule has 3 N–H and O–H groups in total. The summed E-state index contributed by atoms with van der Waals surface area (Å²) in [5.41, 5.74) is 6.70. The van der Waals surface area contributed by atoms with Gasteiger partial charge in [0.25, 0.3) is 5.91 Å². The number of aromatic nitrogens is 2. The van der Waals surface area contributed by atoms with Gasteiger partial charge in [-0.1, -0.05) is 6.92 Å². The topological polar surface area (TPSA) is 72.9 Å². The highest BCUT2D eigenvalue weighted by Crippen LogP contribution is 2.15. The number of rotatable bonds is 5. The van der Waals surface area contributed by atoms with Crippen molar-refractivity contribution in [3.63, 3.8) is 0 Å². The molecule has 0 saturated carbocycles. The zero-order valence-electron chi connectivity index (χ0n) is 11.1. The summed E-state index contributed by atoms with van der Waals surface area (Å²) in [4.78, 5) is 12.1. The minimum atomic E-state index is -0.242. The Kier molecular flexibility index (Phi) is 4.28. The van der Waals surface area contributed by atoms with Crippen molar-refractivity contribution in [2.24, 2.45) is 12.8 Å². The number of amides is 1. The molecule has 0 bridgehead atoms. The summed E-state index contributed by atoms with van der Waals surface area (Å²) in [6, 6.07) is 0. The molecule has 0 aliphatic rings. The van der Waals surface area contributed by atoms with Crippen LogP contribution < -0.4 is 11.1 Å². The molecule has 96 valence electrons. The zero-order chi connectivity index (χ0) is 13.1. The average molecular weight is 238 g/mol. The van der Waals surface area contributed by atoms with Crippen molar-refractivity contribution in [3.8, 4) is 0 Å². The van der Waals surface area contributed by atoms with Gasteiger partial charge in [0.1, 0.15) is 0 Å². The molecular formula is C12H22N4O. The molecule has 0 aliphatic carbocycles.